The van der Waals surface area contributed by atoms with Crippen LogP contribution in [0.15, 0.2) is 66.9 Å². The summed E-state index contributed by atoms with van der Waals surface area (Å²) < 4.78 is 1.88. The minimum Gasteiger partial charge on any atom is -0.337 e. The largest absolute Gasteiger partial charge is 0.337 e. The van der Waals surface area contributed by atoms with Crippen molar-refractivity contribution in [1.29, 1.82) is 0 Å². The molecule has 0 bridgehead atoms. The number of nitrogens with two attached hydrogens (primary N) is 1. The smallest absolute Gasteiger partial charge is 0.257 e. The van der Waals surface area contributed by atoms with E-state index in [2.05, 4.69) is 29.4 Å². The quantitative estimate of drug-likeness (QED) is 0.670. The third-order valence-corrected chi connectivity index (χ3v) is 4.71. The van der Waals surface area contributed by atoms with Crippen LogP contribution in [0.1, 0.15) is 27.2 Å². The van der Waals surface area contributed by atoms with Gasteiger partial charge in [0.1, 0.15) is 0 Å². The summed E-state index contributed by atoms with van der Waals surface area (Å²) in [6, 6.07) is 20.3. The van der Waals surface area contributed by atoms with Crippen molar-refractivity contribution in [2.24, 2.45) is 5.73 Å². The number of aromatic nitrogens is 2. The van der Waals surface area contributed by atoms with Crippen molar-refractivity contribution in [3.05, 3.63) is 89.2 Å². The van der Waals surface area contributed by atoms with Crippen LogP contribution in [0, 0.1) is 6.92 Å². The van der Waals surface area contributed by atoms with Gasteiger partial charge in [-0.25, -0.2) is 0 Å². The zero-order chi connectivity index (χ0) is 19.1. The minimum atomic E-state index is -0.00630. The molecule has 2 N–H and O–H groups in total. The minimum absolute atomic E-state index is 0.00630. The van der Waals surface area contributed by atoms with Crippen molar-refractivity contribution in [3.8, 4) is 0 Å². The van der Waals surface area contributed by atoms with Gasteiger partial charge >= 0.3 is 0 Å². The molecule has 140 valence electrons. The van der Waals surface area contributed by atoms with Gasteiger partial charge in [-0.1, -0.05) is 60.7 Å². The molecular weight excluding hydrogens is 336 g/mol. The molecule has 3 rings (SSSR count). The van der Waals surface area contributed by atoms with Gasteiger partial charge in [0.15, 0.2) is 0 Å². The molecule has 1 aromatic heterocycles. The molecule has 0 atom stereocenters. The fourth-order valence-corrected chi connectivity index (χ4v) is 3.12. The van der Waals surface area contributed by atoms with E-state index in [0.29, 0.717) is 31.7 Å². The Morgan fingerprint density at radius 1 is 1.00 bits per heavy atom. The summed E-state index contributed by atoms with van der Waals surface area (Å²) in [7, 11) is 0. The molecule has 1 heterocycles. The Morgan fingerprint density at radius 2 is 1.63 bits per heavy atom. The average Bonchev–Trinajstić information content (AvgIpc) is 3.06. The molecule has 0 radical (unpaired) electrons. The first-order valence-corrected chi connectivity index (χ1v) is 9.28. The van der Waals surface area contributed by atoms with Gasteiger partial charge in [0.2, 0.25) is 0 Å². The second kappa shape index (κ2) is 9.14. The number of hydrogen-bond donors (Lipinski definition) is 1. The number of hydrogen-bond acceptors (Lipinski definition) is 3. The fraction of sp³-hybridized carbons (Fsp3) is 0.273. The highest BCUT2D eigenvalue weighted by atomic mass is 16.2. The van der Waals surface area contributed by atoms with Gasteiger partial charge in [-0.2, -0.15) is 5.10 Å². The molecule has 0 aliphatic heterocycles. The molecule has 0 aliphatic rings. The van der Waals surface area contributed by atoms with E-state index in [-0.39, 0.29) is 5.91 Å². The van der Waals surface area contributed by atoms with Crippen molar-refractivity contribution < 1.29 is 4.79 Å². The predicted molar refractivity (Wildman–Crippen MR) is 108 cm³/mol. The molecule has 1 amide bonds. The summed E-state index contributed by atoms with van der Waals surface area (Å²) in [5, 5.41) is 4.43. The maximum Gasteiger partial charge on any atom is 0.257 e. The van der Waals surface area contributed by atoms with Crippen LogP contribution in [0.3, 0.4) is 0 Å². The van der Waals surface area contributed by atoms with Gasteiger partial charge in [0.05, 0.1) is 18.3 Å². The summed E-state index contributed by atoms with van der Waals surface area (Å²) in [6.45, 7) is 4.22. The maximum atomic E-state index is 13.1. The molecule has 27 heavy (non-hydrogen) atoms. The molecular formula is C22H26N4O. The SMILES string of the molecule is Cc1c(C(=O)N(CCN)CCc2ccccc2)cnn1Cc1ccccc1. The topological polar surface area (TPSA) is 64.2 Å². The van der Waals surface area contributed by atoms with E-state index in [1.54, 1.807) is 6.20 Å². The Bertz CT molecular complexity index is 859. The number of benzene rings is 2. The summed E-state index contributed by atoms with van der Waals surface area (Å²) in [5.74, 6) is -0.00630. The number of nitrogens with zero attached hydrogens (tertiary/aromatic N) is 3. The van der Waals surface area contributed by atoms with E-state index in [1.165, 1.54) is 5.56 Å². The molecule has 2 aromatic carbocycles. The fourth-order valence-electron chi connectivity index (χ4n) is 3.12. The van der Waals surface area contributed by atoms with Crippen LogP contribution < -0.4 is 5.73 Å². The first kappa shape index (κ1) is 18.9. The van der Waals surface area contributed by atoms with Crippen LogP contribution in [0.2, 0.25) is 0 Å². The highest BCUT2D eigenvalue weighted by Crippen LogP contribution is 2.13. The lowest BCUT2D eigenvalue weighted by molar-refractivity contribution is 0.0761. The Morgan fingerprint density at radius 3 is 2.26 bits per heavy atom. The maximum absolute atomic E-state index is 13.1. The Hall–Kier alpha value is -2.92. The molecule has 5 nitrogen and oxygen atoms in total. The summed E-state index contributed by atoms with van der Waals surface area (Å²) in [5.41, 5.74) is 9.64. The van der Waals surface area contributed by atoms with Crippen LogP contribution in [0.25, 0.3) is 0 Å². The first-order chi connectivity index (χ1) is 13.2. The summed E-state index contributed by atoms with van der Waals surface area (Å²) >= 11 is 0. The molecule has 3 aromatic rings. The number of carbonyl (C=O) groups is 1. The lowest BCUT2D eigenvalue weighted by atomic mass is 10.1. The molecule has 0 saturated carbocycles. The van der Waals surface area contributed by atoms with E-state index in [0.717, 1.165) is 17.7 Å². The monoisotopic (exact) mass is 362 g/mol. The molecule has 0 fully saturated rings. The van der Waals surface area contributed by atoms with Gasteiger partial charge in [0, 0.05) is 25.3 Å². The van der Waals surface area contributed by atoms with Crippen LogP contribution in [-0.4, -0.2) is 40.2 Å². The number of carbonyl (C=O) groups excluding carboxylic acids is 1. The molecule has 0 saturated heterocycles. The average molecular weight is 362 g/mol. The molecule has 5 heteroatoms. The highest BCUT2D eigenvalue weighted by Gasteiger charge is 2.20. The Kier molecular flexibility index (Phi) is 6.39. The van der Waals surface area contributed by atoms with Gasteiger partial charge in [0.25, 0.3) is 5.91 Å². The van der Waals surface area contributed by atoms with Gasteiger partial charge in [-0.05, 0) is 24.5 Å². The number of amides is 1. The van der Waals surface area contributed by atoms with E-state index in [9.17, 15) is 4.79 Å². The third-order valence-electron chi connectivity index (χ3n) is 4.71. The highest BCUT2D eigenvalue weighted by molar-refractivity contribution is 5.95. The zero-order valence-corrected chi connectivity index (χ0v) is 15.7. The van der Waals surface area contributed by atoms with Gasteiger partial charge < -0.3 is 10.6 Å². The second-order valence-electron chi connectivity index (χ2n) is 6.60. The zero-order valence-electron chi connectivity index (χ0n) is 15.7. The summed E-state index contributed by atoms with van der Waals surface area (Å²) in [6.07, 6.45) is 2.48. The molecule has 0 aliphatic carbocycles. The third kappa shape index (κ3) is 4.83. The predicted octanol–water partition coefficient (Wildman–Crippen LogP) is 2.88. The Labute approximate surface area is 160 Å². The van der Waals surface area contributed by atoms with E-state index < -0.39 is 0 Å². The Balaban J connectivity index is 1.72. The molecule has 0 unspecified atom stereocenters. The summed E-state index contributed by atoms with van der Waals surface area (Å²) in [4.78, 5) is 14.9. The first-order valence-electron chi connectivity index (χ1n) is 9.28. The lowest BCUT2D eigenvalue weighted by Gasteiger charge is -2.22. The van der Waals surface area contributed by atoms with Crippen LogP contribution in [0.5, 0.6) is 0 Å². The van der Waals surface area contributed by atoms with Crippen molar-refractivity contribution >= 4 is 5.91 Å². The van der Waals surface area contributed by atoms with Gasteiger partial charge in [-0.3, -0.25) is 9.48 Å². The second-order valence-corrected chi connectivity index (χ2v) is 6.60. The van der Waals surface area contributed by atoms with E-state index >= 15 is 0 Å². The molecule has 0 spiro atoms. The van der Waals surface area contributed by atoms with E-state index in [1.807, 2.05) is 52.9 Å². The van der Waals surface area contributed by atoms with Crippen LogP contribution >= 0.6 is 0 Å². The van der Waals surface area contributed by atoms with Crippen molar-refractivity contribution in [2.45, 2.75) is 19.9 Å². The van der Waals surface area contributed by atoms with Crippen LogP contribution in [-0.2, 0) is 13.0 Å². The van der Waals surface area contributed by atoms with Gasteiger partial charge in [-0.15, -0.1) is 0 Å². The van der Waals surface area contributed by atoms with Crippen LogP contribution in [0.4, 0.5) is 0 Å². The van der Waals surface area contributed by atoms with E-state index in [4.69, 9.17) is 5.73 Å². The normalized spacial score (nSPS) is 10.7. The van der Waals surface area contributed by atoms with Crippen molar-refractivity contribution in [3.63, 3.8) is 0 Å². The lowest BCUT2D eigenvalue weighted by Crippen LogP contribution is -2.37. The van der Waals surface area contributed by atoms with Crippen molar-refractivity contribution in [1.82, 2.24) is 14.7 Å². The van der Waals surface area contributed by atoms with Crippen molar-refractivity contribution in [2.75, 3.05) is 19.6 Å². The standard InChI is InChI=1S/C22H26N4O/c1-18-21(16-24-26(18)17-20-10-6-3-7-11-20)22(27)25(15-13-23)14-12-19-8-4-2-5-9-19/h2-11,16H,12-15,17,23H2,1H3. The number of rotatable bonds is 8.